The minimum Gasteiger partial charge on any atom is -0.461 e. The van der Waals surface area contributed by atoms with E-state index in [9.17, 15) is 9.18 Å². The SMILES string of the molecule is CCOC(=O)c1nc(C2CCO[C@@H](c3cnn(C4CC4)c3)C2)nc(-c2ccc(F)cc2F)c1C1OCCO1. The molecule has 6 rings (SSSR count). The summed E-state index contributed by atoms with van der Waals surface area (Å²) in [5, 5.41) is 4.48. The molecule has 2 aliphatic heterocycles. The third kappa shape index (κ3) is 4.93. The number of ether oxygens (including phenoxy) is 4. The van der Waals surface area contributed by atoms with E-state index in [1.807, 2.05) is 17.1 Å². The zero-order valence-electron chi connectivity index (χ0n) is 20.9. The number of nitrogens with zero attached hydrogens (tertiary/aromatic N) is 4. The van der Waals surface area contributed by atoms with Gasteiger partial charge in [-0.3, -0.25) is 4.68 Å². The maximum absolute atomic E-state index is 15.1. The molecule has 1 aromatic carbocycles. The summed E-state index contributed by atoms with van der Waals surface area (Å²) in [6, 6.07) is 3.68. The van der Waals surface area contributed by atoms with Crippen molar-refractivity contribution in [3.63, 3.8) is 0 Å². The molecule has 2 aromatic heterocycles. The third-order valence-electron chi connectivity index (χ3n) is 7.04. The van der Waals surface area contributed by atoms with E-state index in [1.165, 1.54) is 6.07 Å². The Morgan fingerprint density at radius 1 is 1.11 bits per heavy atom. The molecule has 4 heterocycles. The van der Waals surface area contributed by atoms with Crippen molar-refractivity contribution in [2.75, 3.05) is 26.4 Å². The number of halogens is 2. The Kier molecular flexibility index (Phi) is 6.89. The molecule has 0 radical (unpaired) electrons. The van der Waals surface area contributed by atoms with E-state index in [-0.39, 0.29) is 54.4 Å². The number of carbonyl (C=O) groups excluding carboxylic acids is 1. The number of aromatic nitrogens is 4. The van der Waals surface area contributed by atoms with E-state index < -0.39 is 23.9 Å². The summed E-state index contributed by atoms with van der Waals surface area (Å²) in [6.07, 6.45) is 6.06. The van der Waals surface area contributed by atoms with E-state index in [0.29, 0.717) is 31.3 Å². The first-order chi connectivity index (χ1) is 18.5. The molecular weight excluding hydrogens is 498 g/mol. The fourth-order valence-corrected chi connectivity index (χ4v) is 4.98. The zero-order valence-corrected chi connectivity index (χ0v) is 20.9. The number of esters is 1. The van der Waals surface area contributed by atoms with Crippen molar-refractivity contribution < 1.29 is 32.5 Å². The molecule has 200 valence electrons. The minimum atomic E-state index is -0.987. The first-order valence-electron chi connectivity index (χ1n) is 12.9. The van der Waals surface area contributed by atoms with E-state index in [1.54, 1.807) is 6.92 Å². The van der Waals surface area contributed by atoms with Gasteiger partial charge in [-0.1, -0.05) is 0 Å². The molecule has 38 heavy (non-hydrogen) atoms. The second kappa shape index (κ2) is 10.5. The molecule has 3 aliphatic rings. The normalized spacial score (nSPS) is 22.1. The van der Waals surface area contributed by atoms with Crippen LogP contribution in [0.4, 0.5) is 8.78 Å². The van der Waals surface area contributed by atoms with Gasteiger partial charge in [-0.25, -0.2) is 23.5 Å². The van der Waals surface area contributed by atoms with Crippen molar-refractivity contribution in [3.05, 3.63) is 64.9 Å². The van der Waals surface area contributed by atoms with Gasteiger partial charge in [0.1, 0.15) is 17.5 Å². The summed E-state index contributed by atoms with van der Waals surface area (Å²) in [7, 11) is 0. The van der Waals surface area contributed by atoms with Crippen LogP contribution in [0.1, 0.15) is 84.4 Å². The first-order valence-corrected chi connectivity index (χ1v) is 12.9. The predicted molar refractivity (Wildman–Crippen MR) is 129 cm³/mol. The van der Waals surface area contributed by atoms with Crippen molar-refractivity contribution in [1.29, 1.82) is 0 Å². The van der Waals surface area contributed by atoms with Gasteiger partial charge in [0.25, 0.3) is 0 Å². The average molecular weight is 527 g/mol. The fraction of sp³-hybridized carbons (Fsp3) is 0.481. The van der Waals surface area contributed by atoms with E-state index in [4.69, 9.17) is 23.9 Å². The lowest BCUT2D eigenvalue weighted by molar-refractivity contribution is -0.0451. The molecule has 0 bridgehead atoms. The molecule has 1 unspecified atom stereocenters. The topological polar surface area (TPSA) is 97.6 Å². The maximum atomic E-state index is 15.1. The zero-order chi connectivity index (χ0) is 26.2. The van der Waals surface area contributed by atoms with Crippen molar-refractivity contribution in [2.24, 2.45) is 0 Å². The van der Waals surface area contributed by atoms with Crippen LogP contribution in [0.3, 0.4) is 0 Å². The molecule has 0 N–H and O–H groups in total. The molecule has 11 heteroatoms. The molecule has 1 saturated carbocycles. The molecular formula is C27H28F2N4O5. The monoisotopic (exact) mass is 526 g/mol. The van der Waals surface area contributed by atoms with Crippen LogP contribution in [0, 0.1) is 11.6 Å². The predicted octanol–water partition coefficient (Wildman–Crippen LogP) is 4.81. The standard InChI is InChI=1S/C27H28F2N4O5/c1-2-35-26(34)24-22(27-37-9-10-38-27)23(19-6-3-17(28)12-20(19)29)31-25(32-24)15-7-8-36-21(11-15)16-13-30-33(14-16)18-4-5-18/h3,6,12-15,18,21,27H,2,4-5,7-11H2,1H3/t15?,21-/m1/s1. The largest absolute Gasteiger partial charge is 0.461 e. The molecule has 1 aliphatic carbocycles. The van der Waals surface area contributed by atoms with Crippen LogP contribution in [-0.2, 0) is 18.9 Å². The van der Waals surface area contributed by atoms with Crippen LogP contribution in [0.25, 0.3) is 11.3 Å². The average Bonchev–Trinajstić information content (AvgIpc) is 3.40. The van der Waals surface area contributed by atoms with E-state index in [2.05, 4.69) is 10.1 Å². The quantitative estimate of drug-likeness (QED) is 0.405. The third-order valence-corrected chi connectivity index (χ3v) is 7.04. The van der Waals surface area contributed by atoms with Crippen LogP contribution < -0.4 is 0 Å². The van der Waals surface area contributed by atoms with Crippen LogP contribution in [0.15, 0.2) is 30.6 Å². The van der Waals surface area contributed by atoms with Gasteiger partial charge in [-0.2, -0.15) is 5.10 Å². The highest BCUT2D eigenvalue weighted by molar-refractivity contribution is 5.91. The van der Waals surface area contributed by atoms with Gasteiger partial charge in [0.15, 0.2) is 12.0 Å². The highest BCUT2D eigenvalue weighted by Crippen LogP contribution is 2.41. The second-order valence-electron chi connectivity index (χ2n) is 9.68. The Morgan fingerprint density at radius 2 is 1.92 bits per heavy atom. The van der Waals surface area contributed by atoms with Crippen molar-refractivity contribution in [2.45, 2.75) is 57.0 Å². The summed E-state index contributed by atoms with van der Waals surface area (Å²) in [5.41, 5.74) is 1.23. The van der Waals surface area contributed by atoms with Gasteiger partial charge in [-0.15, -0.1) is 0 Å². The molecule has 0 amide bonds. The summed E-state index contributed by atoms with van der Waals surface area (Å²) in [4.78, 5) is 22.5. The molecule has 2 saturated heterocycles. The maximum Gasteiger partial charge on any atom is 0.357 e. The van der Waals surface area contributed by atoms with E-state index in [0.717, 1.165) is 30.5 Å². The van der Waals surface area contributed by atoms with Gasteiger partial charge in [0.05, 0.1) is 49.4 Å². The van der Waals surface area contributed by atoms with Gasteiger partial charge in [0.2, 0.25) is 0 Å². The van der Waals surface area contributed by atoms with E-state index >= 15 is 4.39 Å². The summed E-state index contributed by atoms with van der Waals surface area (Å²) in [6.45, 7) is 2.84. The Hall–Kier alpha value is -3.28. The Labute approximate surface area is 218 Å². The smallest absolute Gasteiger partial charge is 0.357 e. The van der Waals surface area contributed by atoms with Gasteiger partial charge >= 0.3 is 5.97 Å². The first kappa shape index (κ1) is 25.0. The molecule has 2 atom stereocenters. The number of hydrogen-bond acceptors (Lipinski definition) is 8. The Bertz CT molecular complexity index is 1340. The van der Waals surface area contributed by atoms with Gasteiger partial charge in [-0.05, 0) is 44.7 Å². The van der Waals surface area contributed by atoms with Crippen molar-refractivity contribution in [3.8, 4) is 11.3 Å². The van der Waals surface area contributed by atoms with Crippen LogP contribution in [-0.4, -0.2) is 52.1 Å². The Balaban J connectivity index is 1.43. The number of hydrogen-bond donors (Lipinski definition) is 0. The van der Waals surface area contributed by atoms with Crippen LogP contribution in [0.5, 0.6) is 0 Å². The summed E-state index contributed by atoms with van der Waals surface area (Å²) in [5.74, 6) is -2.06. The van der Waals surface area contributed by atoms with Crippen LogP contribution in [0.2, 0.25) is 0 Å². The lowest BCUT2D eigenvalue weighted by atomic mass is 9.91. The highest BCUT2D eigenvalue weighted by Gasteiger charge is 2.36. The minimum absolute atomic E-state index is 0.0176. The molecule has 9 nitrogen and oxygen atoms in total. The lowest BCUT2D eigenvalue weighted by Crippen LogP contribution is -2.23. The Morgan fingerprint density at radius 3 is 2.66 bits per heavy atom. The number of carbonyl (C=O) groups is 1. The van der Waals surface area contributed by atoms with Gasteiger partial charge in [0, 0.05) is 35.9 Å². The van der Waals surface area contributed by atoms with Crippen LogP contribution >= 0.6 is 0 Å². The lowest BCUT2D eigenvalue weighted by Gasteiger charge is -2.29. The van der Waals surface area contributed by atoms with Crippen molar-refractivity contribution in [1.82, 2.24) is 19.7 Å². The summed E-state index contributed by atoms with van der Waals surface area (Å²) >= 11 is 0. The molecule has 3 fully saturated rings. The summed E-state index contributed by atoms with van der Waals surface area (Å²) < 4.78 is 53.6. The van der Waals surface area contributed by atoms with Gasteiger partial charge < -0.3 is 18.9 Å². The number of benzene rings is 1. The highest BCUT2D eigenvalue weighted by atomic mass is 19.1. The second-order valence-corrected chi connectivity index (χ2v) is 9.68. The number of rotatable bonds is 7. The van der Waals surface area contributed by atoms with Crippen molar-refractivity contribution >= 4 is 5.97 Å². The molecule has 3 aromatic rings. The fourth-order valence-electron chi connectivity index (χ4n) is 4.98. The molecule has 0 spiro atoms.